The molecule has 0 rings (SSSR count). The molecule has 0 aromatic carbocycles. The van der Waals surface area contributed by atoms with Gasteiger partial charge in [0, 0.05) is 0 Å². The molecule has 0 heterocycles. The Morgan fingerprint density at radius 3 is 1.93 bits per heavy atom. The maximum atomic E-state index is 10.5. The third-order valence-electron chi connectivity index (χ3n) is 2.74. The average Bonchev–Trinajstić information content (AvgIpc) is 2.28. The summed E-state index contributed by atoms with van der Waals surface area (Å²) in [5.41, 5.74) is 0. The number of nitroso groups, excluding NO2 is 2. The van der Waals surface area contributed by atoms with E-state index in [2.05, 4.69) is 17.3 Å². The molecular weight excluding hydrogens is 192 g/mol. The number of rotatable bonds is 10. The second kappa shape index (κ2) is 9.74. The molecule has 0 aliphatic carbocycles. The lowest BCUT2D eigenvalue weighted by Gasteiger charge is -2.10. The molecule has 4 nitrogen and oxygen atoms in total. The third kappa shape index (κ3) is 7.17. The summed E-state index contributed by atoms with van der Waals surface area (Å²) in [6, 6.07) is -0.257. The van der Waals surface area contributed by atoms with Crippen molar-refractivity contribution in [3.8, 4) is 0 Å². The third-order valence-corrected chi connectivity index (χ3v) is 2.74. The van der Waals surface area contributed by atoms with E-state index in [1.165, 1.54) is 0 Å². The largest absolute Gasteiger partial charge is 0.151 e. The van der Waals surface area contributed by atoms with Crippen LogP contribution in [0.1, 0.15) is 58.8 Å². The predicted octanol–water partition coefficient (Wildman–Crippen LogP) is 4.03. The molecule has 0 aliphatic heterocycles. The first kappa shape index (κ1) is 14.2. The van der Waals surface area contributed by atoms with Crippen molar-refractivity contribution < 1.29 is 0 Å². The lowest BCUT2D eigenvalue weighted by molar-refractivity contribution is 0.473. The van der Waals surface area contributed by atoms with Crippen molar-refractivity contribution in [2.24, 2.45) is 10.4 Å². The molecule has 2 unspecified atom stereocenters. The normalized spacial score (nSPS) is 14.5. The minimum absolute atomic E-state index is 0.118. The molecule has 4 heteroatoms. The van der Waals surface area contributed by atoms with Crippen LogP contribution in [-0.2, 0) is 0 Å². The van der Waals surface area contributed by atoms with Crippen LogP contribution in [0.15, 0.2) is 10.4 Å². The SMILES string of the molecule is CCCCCC(CCC(CC)N=O)N=O. The number of hydrogen-bond donors (Lipinski definition) is 0. The molecule has 15 heavy (non-hydrogen) atoms. The first-order chi connectivity index (χ1) is 7.28. The van der Waals surface area contributed by atoms with Crippen LogP contribution in [0.5, 0.6) is 0 Å². The van der Waals surface area contributed by atoms with E-state index in [9.17, 15) is 9.81 Å². The van der Waals surface area contributed by atoms with Crippen LogP contribution in [-0.4, -0.2) is 12.1 Å². The maximum Gasteiger partial charge on any atom is 0.0920 e. The highest BCUT2D eigenvalue weighted by Gasteiger charge is 2.12. The van der Waals surface area contributed by atoms with E-state index in [-0.39, 0.29) is 12.1 Å². The monoisotopic (exact) mass is 214 g/mol. The molecule has 0 fully saturated rings. The van der Waals surface area contributed by atoms with Gasteiger partial charge in [0.05, 0.1) is 12.1 Å². The van der Waals surface area contributed by atoms with Crippen LogP contribution in [0, 0.1) is 9.81 Å². The Kier molecular flexibility index (Phi) is 9.22. The minimum atomic E-state index is -0.138. The van der Waals surface area contributed by atoms with Gasteiger partial charge in [-0.05, 0) is 25.7 Å². The minimum Gasteiger partial charge on any atom is -0.151 e. The molecule has 0 radical (unpaired) electrons. The van der Waals surface area contributed by atoms with Crippen molar-refractivity contribution in [2.45, 2.75) is 70.9 Å². The zero-order chi connectivity index (χ0) is 11.5. The van der Waals surface area contributed by atoms with Crippen LogP contribution < -0.4 is 0 Å². The van der Waals surface area contributed by atoms with Gasteiger partial charge in [0.2, 0.25) is 0 Å². The fourth-order valence-corrected chi connectivity index (χ4v) is 1.60. The van der Waals surface area contributed by atoms with Crippen molar-refractivity contribution in [3.63, 3.8) is 0 Å². The molecule has 0 saturated carbocycles. The molecular formula is C11H22N2O2. The summed E-state index contributed by atoms with van der Waals surface area (Å²) in [4.78, 5) is 20.9. The van der Waals surface area contributed by atoms with Crippen molar-refractivity contribution in [2.75, 3.05) is 0 Å². The van der Waals surface area contributed by atoms with E-state index in [0.717, 1.165) is 32.1 Å². The Balaban J connectivity index is 3.68. The Morgan fingerprint density at radius 2 is 1.47 bits per heavy atom. The highest BCUT2D eigenvalue weighted by atomic mass is 16.3. The van der Waals surface area contributed by atoms with Gasteiger partial charge in [-0.3, -0.25) is 0 Å². The Hall–Kier alpha value is -0.800. The Morgan fingerprint density at radius 1 is 0.867 bits per heavy atom. The topological polar surface area (TPSA) is 58.9 Å². The summed E-state index contributed by atoms with van der Waals surface area (Å²) in [6.45, 7) is 4.07. The standard InChI is InChI=1S/C11H22N2O2/c1-3-5-6-7-11(13-15)9-8-10(4-2)12-14/h10-11H,3-9H2,1-2H3. The summed E-state index contributed by atoms with van der Waals surface area (Å²) < 4.78 is 0. The lowest BCUT2D eigenvalue weighted by Crippen LogP contribution is -2.09. The van der Waals surface area contributed by atoms with Gasteiger partial charge < -0.3 is 0 Å². The second-order valence-electron chi connectivity index (χ2n) is 4.00. The van der Waals surface area contributed by atoms with E-state index in [1.54, 1.807) is 0 Å². The first-order valence-corrected chi connectivity index (χ1v) is 5.93. The molecule has 2 atom stereocenters. The summed E-state index contributed by atoms with van der Waals surface area (Å²) in [5, 5.41) is 6.12. The maximum absolute atomic E-state index is 10.5. The molecule has 88 valence electrons. The van der Waals surface area contributed by atoms with Gasteiger partial charge in [0.25, 0.3) is 0 Å². The van der Waals surface area contributed by atoms with Gasteiger partial charge >= 0.3 is 0 Å². The van der Waals surface area contributed by atoms with E-state index in [1.807, 2.05) is 6.92 Å². The van der Waals surface area contributed by atoms with Gasteiger partial charge in [0.1, 0.15) is 0 Å². The van der Waals surface area contributed by atoms with E-state index in [0.29, 0.717) is 12.8 Å². The van der Waals surface area contributed by atoms with Crippen LogP contribution in [0.25, 0.3) is 0 Å². The second-order valence-corrected chi connectivity index (χ2v) is 4.00. The highest BCUT2D eigenvalue weighted by molar-refractivity contribution is 4.71. The van der Waals surface area contributed by atoms with Crippen molar-refractivity contribution in [1.29, 1.82) is 0 Å². The zero-order valence-corrected chi connectivity index (χ0v) is 9.82. The summed E-state index contributed by atoms with van der Waals surface area (Å²) in [7, 11) is 0. The average molecular weight is 214 g/mol. The van der Waals surface area contributed by atoms with Crippen molar-refractivity contribution in [1.82, 2.24) is 0 Å². The quantitative estimate of drug-likeness (QED) is 0.407. The Bertz CT molecular complexity index is 174. The van der Waals surface area contributed by atoms with E-state index in [4.69, 9.17) is 0 Å². The summed E-state index contributed by atoms with van der Waals surface area (Å²) >= 11 is 0. The van der Waals surface area contributed by atoms with E-state index >= 15 is 0 Å². The number of nitrogens with zero attached hydrogens (tertiary/aromatic N) is 2. The van der Waals surface area contributed by atoms with Gasteiger partial charge in [-0.25, -0.2) is 0 Å². The molecule has 0 aliphatic rings. The molecule has 0 aromatic rings. The highest BCUT2D eigenvalue weighted by Crippen LogP contribution is 2.15. The molecule has 0 saturated heterocycles. The Labute approximate surface area is 91.8 Å². The van der Waals surface area contributed by atoms with Crippen LogP contribution >= 0.6 is 0 Å². The van der Waals surface area contributed by atoms with Gasteiger partial charge in [0.15, 0.2) is 0 Å². The summed E-state index contributed by atoms with van der Waals surface area (Å²) in [5.74, 6) is 0. The molecule has 0 bridgehead atoms. The van der Waals surface area contributed by atoms with Crippen LogP contribution in [0.3, 0.4) is 0 Å². The number of hydrogen-bond acceptors (Lipinski definition) is 4. The molecule has 0 N–H and O–H groups in total. The fraction of sp³-hybridized carbons (Fsp3) is 1.00. The predicted molar refractivity (Wildman–Crippen MR) is 62.8 cm³/mol. The van der Waals surface area contributed by atoms with Crippen molar-refractivity contribution in [3.05, 3.63) is 9.81 Å². The van der Waals surface area contributed by atoms with E-state index < -0.39 is 0 Å². The smallest absolute Gasteiger partial charge is 0.0920 e. The molecule has 0 spiro atoms. The summed E-state index contributed by atoms with van der Waals surface area (Å²) in [6.07, 6.45) is 6.36. The first-order valence-electron chi connectivity index (χ1n) is 5.93. The zero-order valence-electron chi connectivity index (χ0n) is 9.82. The molecule has 0 amide bonds. The van der Waals surface area contributed by atoms with Crippen LogP contribution in [0.2, 0.25) is 0 Å². The van der Waals surface area contributed by atoms with Gasteiger partial charge in [-0.15, -0.1) is 0 Å². The lowest BCUT2D eigenvalue weighted by atomic mass is 10.0. The molecule has 0 aromatic heterocycles. The fourth-order valence-electron chi connectivity index (χ4n) is 1.60. The van der Waals surface area contributed by atoms with Gasteiger partial charge in [-0.1, -0.05) is 43.5 Å². The van der Waals surface area contributed by atoms with Gasteiger partial charge in [-0.2, -0.15) is 9.81 Å². The number of unbranched alkanes of at least 4 members (excludes halogenated alkanes) is 2. The van der Waals surface area contributed by atoms with Crippen LogP contribution in [0.4, 0.5) is 0 Å². The van der Waals surface area contributed by atoms with Crippen molar-refractivity contribution >= 4 is 0 Å².